The molecule has 1 atom stereocenters. The summed E-state index contributed by atoms with van der Waals surface area (Å²) in [4.78, 5) is 15.0. The number of fused-ring (bicyclic) bond motifs is 1. The van der Waals surface area contributed by atoms with Gasteiger partial charge in [0.05, 0.1) is 11.7 Å². The third kappa shape index (κ3) is 3.58. The maximum absolute atomic E-state index is 12.4. The molecule has 2 fully saturated rings. The summed E-state index contributed by atoms with van der Waals surface area (Å²) in [5.74, 6) is 3.22. The average Bonchev–Trinajstić information content (AvgIpc) is 3.30. The molecular formula is C17H22N4OS2. The molecule has 4 rings (SSSR count). The molecule has 7 heteroatoms. The second kappa shape index (κ2) is 7.37. The highest BCUT2D eigenvalue weighted by Crippen LogP contribution is 2.26. The van der Waals surface area contributed by atoms with Crippen LogP contribution in [0, 0.1) is 5.92 Å². The molecule has 2 aromatic rings. The lowest BCUT2D eigenvalue weighted by Crippen LogP contribution is -2.43. The van der Waals surface area contributed by atoms with Crippen LogP contribution in [-0.2, 0) is 0 Å². The Kier molecular flexibility index (Phi) is 5.01. The third-order valence-electron chi connectivity index (χ3n) is 5.14. The number of carbonyl (C=O) groups is 1. The smallest absolute Gasteiger partial charge is 0.251 e. The number of rotatable bonds is 4. The molecule has 1 aromatic heterocycles. The van der Waals surface area contributed by atoms with Crippen molar-refractivity contribution in [3.63, 3.8) is 0 Å². The van der Waals surface area contributed by atoms with Crippen LogP contribution in [0.1, 0.15) is 29.6 Å². The Labute approximate surface area is 150 Å². The average molecular weight is 363 g/mol. The minimum atomic E-state index is -0.000442. The first-order chi connectivity index (χ1) is 11.8. The van der Waals surface area contributed by atoms with Crippen molar-refractivity contribution in [3.05, 3.63) is 23.8 Å². The first-order valence-corrected chi connectivity index (χ1v) is 10.5. The molecule has 128 valence electrons. The lowest BCUT2D eigenvalue weighted by Gasteiger charge is -2.35. The van der Waals surface area contributed by atoms with Gasteiger partial charge in [-0.1, -0.05) is 0 Å². The Morgan fingerprint density at radius 2 is 2.04 bits per heavy atom. The van der Waals surface area contributed by atoms with Gasteiger partial charge in [-0.15, -0.1) is 0 Å². The van der Waals surface area contributed by atoms with Crippen LogP contribution >= 0.6 is 23.5 Å². The molecule has 1 N–H and O–H groups in total. The normalized spacial score (nSPS) is 22.9. The second-order valence-electron chi connectivity index (χ2n) is 6.67. The van der Waals surface area contributed by atoms with Crippen molar-refractivity contribution in [3.8, 4) is 0 Å². The van der Waals surface area contributed by atoms with E-state index in [2.05, 4.69) is 30.7 Å². The van der Waals surface area contributed by atoms with E-state index in [-0.39, 0.29) is 5.91 Å². The van der Waals surface area contributed by atoms with Crippen LogP contribution in [0.3, 0.4) is 0 Å². The number of likely N-dealkylation sites (tertiary alicyclic amines) is 1. The van der Waals surface area contributed by atoms with E-state index in [1.165, 1.54) is 55.6 Å². The van der Waals surface area contributed by atoms with E-state index in [1.807, 2.05) is 18.2 Å². The summed E-state index contributed by atoms with van der Waals surface area (Å²) in [5.41, 5.74) is 2.33. The highest BCUT2D eigenvalue weighted by Gasteiger charge is 2.27. The van der Waals surface area contributed by atoms with Crippen molar-refractivity contribution in [1.82, 2.24) is 19.0 Å². The molecule has 0 spiro atoms. The van der Waals surface area contributed by atoms with Gasteiger partial charge in [0.15, 0.2) is 0 Å². The Hall–Kier alpha value is -1.18. The van der Waals surface area contributed by atoms with Crippen LogP contribution in [0.15, 0.2) is 18.2 Å². The fourth-order valence-corrected chi connectivity index (χ4v) is 5.37. The maximum Gasteiger partial charge on any atom is 0.251 e. The van der Waals surface area contributed by atoms with Crippen LogP contribution in [0.2, 0.25) is 0 Å². The van der Waals surface area contributed by atoms with Crippen molar-refractivity contribution < 1.29 is 4.79 Å². The fraction of sp³-hybridized carbons (Fsp3) is 0.588. The Balaban J connectivity index is 1.26. The molecule has 0 saturated carbocycles. The van der Waals surface area contributed by atoms with Crippen molar-refractivity contribution in [1.29, 1.82) is 0 Å². The highest BCUT2D eigenvalue weighted by atomic mass is 32.2. The van der Waals surface area contributed by atoms with Crippen LogP contribution in [0.5, 0.6) is 0 Å². The molecule has 0 aliphatic carbocycles. The number of nitrogens with one attached hydrogen (secondary N) is 1. The van der Waals surface area contributed by atoms with Crippen LogP contribution in [-0.4, -0.2) is 56.7 Å². The molecule has 5 nitrogen and oxygen atoms in total. The largest absolute Gasteiger partial charge is 0.352 e. The summed E-state index contributed by atoms with van der Waals surface area (Å²) in [7, 11) is 0. The van der Waals surface area contributed by atoms with E-state index in [1.54, 1.807) is 0 Å². The molecule has 1 amide bonds. The number of hydrogen-bond donors (Lipinski definition) is 1. The summed E-state index contributed by atoms with van der Waals surface area (Å²) >= 11 is 3.26. The number of nitrogens with zero attached hydrogens (tertiary/aromatic N) is 3. The zero-order chi connectivity index (χ0) is 16.4. The minimum Gasteiger partial charge on any atom is -0.352 e. The second-order valence-corrected chi connectivity index (χ2v) is 8.35. The van der Waals surface area contributed by atoms with Crippen molar-refractivity contribution in [2.75, 3.05) is 31.1 Å². The molecule has 1 unspecified atom stereocenters. The van der Waals surface area contributed by atoms with Crippen molar-refractivity contribution >= 4 is 40.4 Å². The van der Waals surface area contributed by atoms with Crippen molar-refractivity contribution in [2.45, 2.75) is 25.3 Å². The van der Waals surface area contributed by atoms with E-state index in [4.69, 9.17) is 0 Å². The predicted octanol–water partition coefficient (Wildman–Crippen LogP) is 2.64. The van der Waals surface area contributed by atoms with Gasteiger partial charge in [-0.3, -0.25) is 9.69 Å². The van der Waals surface area contributed by atoms with E-state index in [0.717, 1.165) is 23.6 Å². The number of hydrogen-bond acceptors (Lipinski definition) is 6. The molecule has 2 aliphatic heterocycles. The van der Waals surface area contributed by atoms with Gasteiger partial charge in [-0.05, 0) is 62.2 Å². The molecule has 3 heterocycles. The third-order valence-corrected chi connectivity index (χ3v) is 6.84. The quantitative estimate of drug-likeness (QED) is 0.906. The van der Waals surface area contributed by atoms with Crippen LogP contribution in [0.4, 0.5) is 0 Å². The SMILES string of the molecule is O=C(NCC1CCN(C2CCSC2)CC1)c1ccc2nsnc2c1. The molecule has 0 bridgehead atoms. The Bertz CT molecular complexity index is 705. The number of carbonyl (C=O) groups excluding carboxylic acids is 1. The Morgan fingerprint density at radius 3 is 2.83 bits per heavy atom. The van der Waals surface area contributed by atoms with E-state index >= 15 is 0 Å². The number of thioether (sulfide) groups is 1. The predicted molar refractivity (Wildman–Crippen MR) is 99.8 cm³/mol. The summed E-state index contributed by atoms with van der Waals surface area (Å²) in [6.45, 7) is 3.14. The molecule has 2 saturated heterocycles. The molecule has 1 aromatic carbocycles. The van der Waals surface area contributed by atoms with Gasteiger partial charge >= 0.3 is 0 Å². The molecule has 0 radical (unpaired) electrons. The maximum atomic E-state index is 12.4. The van der Waals surface area contributed by atoms with Gasteiger partial charge in [0, 0.05) is 23.9 Å². The van der Waals surface area contributed by atoms with Gasteiger partial charge in [0.2, 0.25) is 0 Å². The van der Waals surface area contributed by atoms with Gasteiger partial charge < -0.3 is 5.32 Å². The zero-order valence-corrected chi connectivity index (χ0v) is 15.2. The first kappa shape index (κ1) is 16.3. The molecule has 24 heavy (non-hydrogen) atoms. The summed E-state index contributed by atoms with van der Waals surface area (Å²) in [6.07, 6.45) is 3.73. The number of amides is 1. The van der Waals surface area contributed by atoms with E-state index in [9.17, 15) is 4.79 Å². The van der Waals surface area contributed by atoms with E-state index in [0.29, 0.717) is 11.5 Å². The summed E-state index contributed by atoms with van der Waals surface area (Å²) in [6, 6.07) is 6.32. The van der Waals surface area contributed by atoms with Crippen LogP contribution < -0.4 is 5.32 Å². The highest BCUT2D eigenvalue weighted by molar-refractivity contribution is 7.99. The van der Waals surface area contributed by atoms with E-state index < -0.39 is 0 Å². The number of piperidine rings is 1. The van der Waals surface area contributed by atoms with Gasteiger partial charge in [0.25, 0.3) is 5.91 Å². The Morgan fingerprint density at radius 1 is 1.21 bits per heavy atom. The monoisotopic (exact) mass is 362 g/mol. The first-order valence-electron chi connectivity index (χ1n) is 8.62. The zero-order valence-electron chi connectivity index (χ0n) is 13.6. The number of benzene rings is 1. The van der Waals surface area contributed by atoms with Gasteiger partial charge in [-0.2, -0.15) is 20.5 Å². The fourth-order valence-electron chi connectivity index (χ4n) is 3.59. The van der Waals surface area contributed by atoms with Crippen molar-refractivity contribution in [2.24, 2.45) is 5.92 Å². The van der Waals surface area contributed by atoms with Gasteiger partial charge in [-0.25, -0.2) is 0 Å². The lowest BCUT2D eigenvalue weighted by atomic mass is 9.95. The standard InChI is InChI=1S/C17H22N4OS2/c22-17(13-1-2-15-16(9-13)20-24-19-15)18-10-12-3-6-21(7-4-12)14-5-8-23-11-14/h1-2,9,12,14H,3-8,10-11H2,(H,18,22). The number of aromatic nitrogens is 2. The molecule has 2 aliphatic rings. The molecular weight excluding hydrogens is 340 g/mol. The van der Waals surface area contributed by atoms with Gasteiger partial charge in [0.1, 0.15) is 11.0 Å². The summed E-state index contributed by atoms with van der Waals surface area (Å²) in [5, 5.41) is 3.10. The lowest BCUT2D eigenvalue weighted by molar-refractivity contribution is 0.0928. The minimum absolute atomic E-state index is 0.000442. The summed E-state index contributed by atoms with van der Waals surface area (Å²) < 4.78 is 8.37. The van der Waals surface area contributed by atoms with Crippen LogP contribution in [0.25, 0.3) is 11.0 Å². The topological polar surface area (TPSA) is 58.1 Å².